The van der Waals surface area contributed by atoms with E-state index in [1.54, 1.807) is 0 Å². The van der Waals surface area contributed by atoms with Crippen LogP contribution in [0.15, 0.2) is 30.3 Å². The molecule has 0 bridgehead atoms. The van der Waals surface area contributed by atoms with Crippen molar-refractivity contribution in [3.05, 3.63) is 35.9 Å². The predicted molar refractivity (Wildman–Crippen MR) is 94.6 cm³/mol. The fraction of sp³-hybridized carbons (Fsp3) is 0.650. The summed E-state index contributed by atoms with van der Waals surface area (Å²) < 4.78 is 0. The van der Waals surface area contributed by atoms with Crippen LogP contribution in [-0.2, 0) is 4.79 Å². The predicted octanol–water partition coefficient (Wildman–Crippen LogP) is 4.30. The van der Waals surface area contributed by atoms with E-state index >= 15 is 0 Å². The molecule has 0 spiro atoms. The number of nitrogens with one attached hydrogen (secondary N) is 1. The molecule has 1 aliphatic carbocycles. The topological polar surface area (TPSA) is 49.3 Å². The molecule has 23 heavy (non-hydrogen) atoms. The van der Waals surface area contributed by atoms with Crippen LogP contribution in [0.5, 0.6) is 0 Å². The Morgan fingerprint density at radius 3 is 2.39 bits per heavy atom. The molecule has 0 amide bonds. The molecule has 0 aromatic heterocycles. The molecule has 3 nitrogen and oxygen atoms in total. The summed E-state index contributed by atoms with van der Waals surface area (Å²) in [4.78, 5) is 11.3. The van der Waals surface area contributed by atoms with Crippen LogP contribution in [-0.4, -0.2) is 24.2 Å². The Labute approximate surface area is 140 Å². The summed E-state index contributed by atoms with van der Waals surface area (Å²) in [6.45, 7) is 5.73. The van der Waals surface area contributed by atoms with Crippen molar-refractivity contribution in [2.24, 2.45) is 17.8 Å². The van der Waals surface area contributed by atoms with Crippen LogP contribution in [0, 0.1) is 17.8 Å². The molecule has 0 saturated heterocycles. The second-order valence-electron chi connectivity index (χ2n) is 7.45. The third-order valence-corrected chi connectivity index (χ3v) is 5.05. The maximum atomic E-state index is 11.3. The molecule has 1 fully saturated rings. The zero-order valence-electron chi connectivity index (χ0n) is 14.5. The molecule has 2 rings (SSSR count). The lowest BCUT2D eigenvalue weighted by Gasteiger charge is -2.29. The van der Waals surface area contributed by atoms with Gasteiger partial charge in [-0.3, -0.25) is 4.79 Å². The number of aliphatic carboxylic acids is 1. The Morgan fingerprint density at radius 2 is 1.83 bits per heavy atom. The van der Waals surface area contributed by atoms with Crippen molar-refractivity contribution in [2.45, 2.75) is 51.9 Å². The van der Waals surface area contributed by atoms with Crippen LogP contribution >= 0.6 is 0 Å². The van der Waals surface area contributed by atoms with Crippen molar-refractivity contribution >= 4 is 5.97 Å². The van der Waals surface area contributed by atoms with E-state index in [0.717, 1.165) is 13.0 Å². The highest BCUT2D eigenvalue weighted by Gasteiger charge is 2.23. The van der Waals surface area contributed by atoms with Gasteiger partial charge in [0.1, 0.15) is 0 Å². The second-order valence-corrected chi connectivity index (χ2v) is 7.45. The molecule has 128 valence electrons. The van der Waals surface area contributed by atoms with Crippen molar-refractivity contribution in [1.29, 1.82) is 0 Å². The number of rotatable bonds is 8. The summed E-state index contributed by atoms with van der Waals surface area (Å²) in [5.74, 6) is 0.914. The first-order valence-corrected chi connectivity index (χ1v) is 9.04. The molecule has 1 saturated carbocycles. The Kier molecular flexibility index (Phi) is 7.10. The molecular weight excluding hydrogens is 286 g/mol. The minimum Gasteiger partial charge on any atom is -0.481 e. The van der Waals surface area contributed by atoms with E-state index in [1.807, 2.05) is 0 Å². The molecule has 0 aliphatic heterocycles. The Bertz CT molecular complexity index is 464. The van der Waals surface area contributed by atoms with Gasteiger partial charge in [0.05, 0.1) is 5.92 Å². The summed E-state index contributed by atoms with van der Waals surface area (Å²) in [5, 5.41) is 12.7. The van der Waals surface area contributed by atoms with Crippen LogP contribution in [0.2, 0.25) is 0 Å². The van der Waals surface area contributed by atoms with Crippen LogP contribution in [0.3, 0.4) is 0 Å². The molecule has 0 radical (unpaired) electrons. The van der Waals surface area contributed by atoms with Crippen molar-refractivity contribution < 1.29 is 9.90 Å². The largest absolute Gasteiger partial charge is 0.481 e. The van der Waals surface area contributed by atoms with Crippen LogP contribution in [0.1, 0.15) is 57.4 Å². The molecule has 1 unspecified atom stereocenters. The van der Waals surface area contributed by atoms with E-state index in [9.17, 15) is 9.90 Å². The van der Waals surface area contributed by atoms with Crippen molar-refractivity contribution in [3.63, 3.8) is 0 Å². The van der Waals surface area contributed by atoms with Gasteiger partial charge in [0.25, 0.3) is 0 Å². The van der Waals surface area contributed by atoms with Crippen LogP contribution < -0.4 is 5.32 Å². The SMILES string of the molecule is CC(C)CC(CNCC1CCC(c2ccccc2)CC1)C(=O)O. The summed E-state index contributed by atoms with van der Waals surface area (Å²) in [7, 11) is 0. The lowest BCUT2D eigenvalue weighted by Crippen LogP contribution is -2.33. The Hall–Kier alpha value is -1.35. The molecule has 1 aromatic rings. The highest BCUT2D eigenvalue weighted by molar-refractivity contribution is 5.70. The van der Waals surface area contributed by atoms with Crippen LogP contribution in [0.25, 0.3) is 0 Å². The van der Waals surface area contributed by atoms with E-state index in [4.69, 9.17) is 0 Å². The summed E-state index contributed by atoms with van der Waals surface area (Å²) in [5.41, 5.74) is 1.47. The number of carboxylic acid groups (broad SMARTS) is 1. The number of hydrogen-bond donors (Lipinski definition) is 2. The van der Waals surface area contributed by atoms with Gasteiger partial charge in [0, 0.05) is 6.54 Å². The quantitative estimate of drug-likeness (QED) is 0.751. The molecule has 1 aromatic carbocycles. The third-order valence-electron chi connectivity index (χ3n) is 5.05. The standard InChI is InChI=1S/C20H31NO2/c1-15(2)12-19(20(22)23)14-21-13-16-8-10-18(11-9-16)17-6-4-3-5-7-17/h3-7,15-16,18-19,21H,8-14H2,1-2H3,(H,22,23). The maximum absolute atomic E-state index is 11.3. The Balaban J connectivity index is 1.69. The molecule has 1 atom stereocenters. The lowest BCUT2D eigenvalue weighted by molar-refractivity contribution is -0.142. The molecular formula is C20H31NO2. The van der Waals surface area contributed by atoms with Gasteiger partial charge in [-0.1, -0.05) is 44.2 Å². The number of benzene rings is 1. The highest BCUT2D eigenvalue weighted by Crippen LogP contribution is 2.35. The molecule has 3 heteroatoms. The fourth-order valence-electron chi connectivity index (χ4n) is 3.73. The normalized spacial score (nSPS) is 22.9. The van der Waals surface area contributed by atoms with Crippen molar-refractivity contribution in [1.82, 2.24) is 5.32 Å². The monoisotopic (exact) mass is 317 g/mol. The van der Waals surface area contributed by atoms with Crippen molar-refractivity contribution in [2.75, 3.05) is 13.1 Å². The fourth-order valence-corrected chi connectivity index (χ4v) is 3.73. The van der Waals surface area contributed by atoms with Gasteiger partial charge in [-0.05, 0) is 62.0 Å². The smallest absolute Gasteiger partial charge is 0.307 e. The highest BCUT2D eigenvalue weighted by atomic mass is 16.4. The minimum atomic E-state index is -0.668. The summed E-state index contributed by atoms with van der Waals surface area (Å²) >= 11 is 0. The van der Waals surface area contributed by atoms with Gasteiger partial charge >= 0.3 is 5.97 Å². The van der Waals surface area contributed by atoms with Gasteiger partial charge in [0.2, 0.25) is 0 Å². The van der Waals surface area contributed by atoms with E-state index in [1.165, 1.54) is 31.2 Å². The zero-order valence-corrected chi connectivity index (χ0v) is 14.5. The van der Waals surface area contributed by atoms with Crippen molar-refractivity contribution in [3.8, 4) is 0 Å². The third kappa shape index (κ3) is 5.98. The minimum absolute atomic E-state index is 0.254. The average Bonchev–Trinajstić information content (AvgIpc) is 2.55. The first kappa shape index (κ1) is 18.0. The Morgan fingerprint density at radius 1 is 1.17 bits per heavy atom. The van der Waals surface area contributed by atoms with Gasteiger partial charge in [-0.2, -0.15) is 0 Å². The van der Waals surface area contributed by atoms with Gasteiger partial charge in [-0.15, -0.1) is 0 Å². The summed E-state index contributed by atoms with van der Waals surface area (Å²) in [6, 6.07) is 10.8. The van der Waals surface area contributed by atoms with E-state index < -0.39 is 5.97 Å². The van der Waals surface area contributed by atoms with E-state index in [2.05, 4.69) is 49.5 Å². The van der Waals surface area contributed by atoms with Crippen LogP contribution in [0.4, 0.5) is 0 Å². The van der Waals surface area contributed by atoms with Gasteiger partial charge < -0.3 is 10.4 Å². The van der Waals surface area contributed by atoms with E-state index in [-0.39, 0.29) is 5.92 Å². The van der Waals surface area contributed by atoms with Gasteiger partial charge in [0.15, 0.2) is 0 Å². The molecule has 2 N–H and O–H groups in total. The first-order chi connectivity index (χ1) is 11.1. The molecule has 0 heterocycles. The van der Waals surface area contributed by atoms with Gasteiger partial charge in [-0.25, -0.2) is 0 Å². The maximum Gasteiger partial charge on any atom is 0.307 e. The molecule has 1 aliphatic rings. The second kappa shape index (κ2) is 9.07. The zero-order chi connectivity index (χ0) is 16.7. The van der Waals surface area contributed by atoms with E-state index in [0.29, 0.717) is 24.3 Å². The average molecular weight is 317 g/mol. The lowest BCUT2D eigenvalue weighted by atomic mass is 9.78. The number of hydrogen-bond acceptors (Lipinski definition) is 2. The summed E-state index contributed by atoms with van der Waals surface area (Å²) in [6.07, 6.45) is 5.75. The first-order valence-electron chi connectivity index (χ1n) is 9.04. The number of carboxylic acids is 1. The number of carbonyl (C=O) groups is 1.